The van der Waals surface area contributed by atoms with Gasteiger partial charge in [0.25, 0.3) is 0 Å². The molecular formula is C18H25Cl2N3O2S. The van der Waals surface area contributed by atoms with Crippen molar-refractivity contribution in [2.45, 2.75) is 39.2 Å². The molecule has 2 heterocycles. The van der Waals surface area contributed by atoms with E-state index in [0.717, 1.165) is 47.0 Å². The molecule has 8 heteroatoms. The van der Waals surface area contributed by atoms with Crippen molar-refractivity contribution in [3.8, 4) is 0 Å². The van der Waals surface area contributed by atoms with Crippen LogP contribution in [0, 0.1) is 0 Å². The molecule has 0 radical (unpaired) electrons. The van der Waals surface area contributed by atoms with E-state index < -0.39 is 0 Å². The summed E-state index contributed by atoms with van der Waals surface area (Å²) in [6.07, 6.45) is 2.15. The second kappa shape index (κ2) is 10.1. The highest BCUT2D eigenvalue weighted by Gasteiger charge is 2.24. The third-order valence-electron chi connectivity index (χ3n) is 4.25. The number of ether oxygens (including phenoxy) is 1. The maximum Gasteiger partial charge on any atom is 0.233 e. The standard InChI is InChI=1S/C18H23N3O2S.2ClH/c1-3-23-12(2)18-20-13(11-24-18)10-17(22)21-9-5-6-14-15(19)7-4-8-16(14)21;;/h4,7-8,11-12H,3,5-6,9-10,19H2,1-2H3;2*1H. The van der Waals surface area contributed by atoms with Gasteiger partial charge in [-0.25, -0.2) is 4.98 Å². The Hall–Kier alpha value is -1.34. The van der Waals surface area contributed by atoms with E-state index in [1.54, 1.807) is 11.3 Å². The van der Waals surface area contributed by atoms with Crippen molar-refractivity contribution in [2.75, 3.05) is 23.8 Å². The van der Waals surface area contributed by atoms with Gasteiger partial charge in [-0.05, 0) is 44.4 Å². The van der Waals surface area contributed by atoms with Gasteiger partial charge in [0.15, 0.2) is 0 Å². The lowest BCUT2D eigenvalue weighted by Crippen LogP contribution is -2.36. The number of nitrogen functional groups attached to an aromatic ring is 1. The molecule has 1 unspecified atom stereocenters. The number of hydrogen-bond donors (Lipinski definition) is 1. The van der Waals surface area contributed by atoms with Crippen LogP contribution in [-0.2, 0) is 22.4 Å². The number of carbonyl (C=O) groups is 1. The van der Waals surface area contributed by atoms with Crippen LogP contribution in [0.1, 0.15) is 42.6 Å². The number of hydrogen-bond acceptors (Lipinski definition) is 5. The van der Waals surface area contributed by atoms with Crippen LogP contribution >= 0.6 is 36.2 Å². The maximum atomic E-state index is 12.8. The number of fused-ring (bicyclic) bond motifs is 1. The van der Waals surface area contributed by atoms with Crippen molar-refractivity contribution in [2.24, 2.45) is 0 Å². The molecule has 144 valence electrons. The third-order valence-corrected chi connectivity index (χ3v) is 5.31. The Morgan fingerprint density at radius 3 is 2.92 bits per heavy atom. The predicted molar refractivity (Wildman–Crippen MR) is 112 cm³/mol. The van der Waals surface area contributed by atoms with Gasteiger partial charge in [-0.2, -0.15) is 0 Å². The molecule has 5 nitrogen and oxygen atoms in total. The van der Waals surface area contributed by atoms with Gasteiger partial charge in [0.2, 0.25) is 5.91 Å². The number of thiazole rings is 1. The van der Waals surface area contributed by atoms with Crippen LogP contribution in [0.3, 0.4) is 0 Å². The van der Waals surface area contributed by atoms with Crippen LogP contribution in [0.15, 0.2) is 23.6 Å². The molecule has 1 aliphatic heterocycles. The van der Waals surface area contributed by atoms with E-state index in [9.17, 15) is 4.79 Å². The second-order valence-corrected chi connectivity index (χ2v) is 6.83. The van der Waals surface area contributed by atoms with E-state index in [1.807, 2.05) is 42.3 Å². The van der Waals surface area contributed by atoms with Crippen molar-refractivity contribution in [3.05, 3.63) is 39.8 Å². The van der Waals surface area contributed by atoms with E-state index >= 15 is 0 Å². The number of nitrogens with zero attached hydrogens (tertiary/aromatic N) is 2. The number of anilines is 2. The Labute approximate surface area is 170 Å². The van der Waals surface area contributed by atoms with Crippen molar-refractivity contribution >= 4 is 53.4 Å². The molecule has 1 atom stereocenters. The third kappa shape index (κ3) is 4.88. The van der Waals surface area contributed by atoms with Gasteiger partial charge >= 0.3 is 0 Å². The highest BCUT2D eigenvalue weighted by molar-refractivity contribution is 7.09. The van der Waals surface area contributed by atoms with Gasteiger partial charge in [-0.15, -0.1) is 36.2 Å². The molecule has 0 aliphatic carbocycles. The van der Waals surface area contributed by atoms with Crippen LogP contribution in [-0.4, -0.2) is 24.0 Å². The van der Waals surface area contributed by atoms with E-state index in [1.165, 1.54) is 0 Å². The minimum Gasteiger partial charge on any atom is -0.398 e. The summed E-state index contributed by atoms with van der Waals surface area (Å²) in [5.41, 5.74) is 9.67. The number of halogens is 2. The van der Waals surface area contributed by atoms with Crippen molar-refractivity contribution in [1.82, 2.24) is 4.98 Å². The quantitative estimate of drug-likeness (QED) is 0.740. The summed E-state index contributed by atoms with van der Waals surface area (Å²) in [5.74, 6) is 0.0717. The molecule has 0 saturated heterocycles. The van der Waals surface area contributed by atoms with Crippen molar-refractivity contribution < 1.29 is 9.53 Å². The number of carbonyl (C=O) groups excluding carboxylic acids is 1. The molecule has 2 aromatic rings. The summed E-state index contributed by atoms with van der Waals surface area (Å²) in [6, 6.07) is 5.78. The summed E-state index contributed by atoms with van der Waals surface area (Å²) in [4.78, 5) is 19.2. The Morgan fingerprint density at radius 2 is 2.19 bits per heavy atom. The summed E-state index contributed by atoms with van der Waals surface area (Å²) in [6.45, 7) is 5.34. The molecule has 2 N–H and O–H groups in total. The molecule has 1 aromatic carbocycles. The van der Waals surface area contributed by atoms with E-state index in [0.29, 0.717) is 13.0 Å². The van der Waals surface area contributed by atoms with Crippen molar-refractivity contribution in [1.29, 1.82) is 0 Å². The number of benzene rings is 1. The zero-order valence-electron chi connectivity index (χ0n) is 14.9. The molecule has 1 amide bonds. The maximum absolute atomic E-state index is 12.8. The summed E-state index contributed by atoms with van der Waals surface area (Å²) >= 11 is 1.55. The fraction of sp³-hybridized carbons (Fsp3) is 0.444. The molecular weight excluding hydrogens is 393 g/mol. The SMILES string of the molecule is CCOC(C)c1nc(CC(=O)N2CCCc3c(N)cccc32)cs1.Cl.Cl. The highest BCUT2D eigenvalue weighted by Crippen LogP contribution is 2.31. The van der Waals surface area contributed by atoms with Gasteiger partial charge in [-0.3, -0.25) is 4.79 Å². The Kier molecular flexibility index (Phi) is 8.83. The molecule has 0 fully saturated rings. The fourth-order valence-corrected chi connectivity index (χ4v) is 3.90. The summed E-state index contributed by atoms with van der Waals surface area (Å²) < 4.78 is 5.56. The molecule has 1 aromatic heterocycles. The van der Waals surface area contributed by atoms with Gasteiger partial charge in [0.05, 0.1) is 12.1 Å². The lowest BCUT2D eigenvalue weighted by molar-refractivity contribution is -0.118. The first-order valence-electron chi connectivity index (χ1n) is 8.33. The van der Waals surface area contributed by atoms with Crippen LogP contribution in [0.5, 0.6) is 0 Å². The van der Waals surface area contributed by atoms with E-state index in [4.69, 9.17) is 10.5 Å². The minimum absolute atomic E-state index is 0. The lowest BCUT2D eigenvalue weighted by Gasteiger charge is -2.30. The van der Waals surface area contributed by atoms with Crippen LogP contribution in [0.25, 0.3) is 0 Å². The van der Waals surface area contributed by atoms with Crippen LogP contribution < -0.4 is 10.6 Å². The normalized spacial score (nSPS) is 14.0. The zero-order chi connectivity index (χ0) is 17.1. The molecule has 0 saturated carbocycles. The van der Waals surface area contributed by atoms with Gasteiger partial charge < -0.3 is 15.4 Å². The summed E-state index contributed by atoms with van der Waals surface area (Å²) in [7, 11) is 0. The first kappa shape index (κ1) is 22.7. The number of nitrogens with two attached hydrogens (primary N) is 1. The smallest absolute Gasteiger partial charge is 0.233 e. The Balaban J connectivity index is 0.00000169. The van der Waals surface area contributed by atoms with Crippen molar-refractivity contribution in [3.63, 3.8) is 0 Å². The fourth-order valence-electron chi connectivity index (χ4n) is 3.07. The first-order chi connectivity index (χ1) is 11.6. The van der Waals surface area contributed by atoms with Gasteiger partial charge in [0.1, 0.15) is 11.1 Å². The first-order valence-corrected chi connectivity index (χ1v) is 9.21. The van der Waals surface area contributed by atoms with E-state index in [2.05, 4.69) is 4.98 Å². The van der Waals surface area contributed by atoms with Gasteiger partial charge in [-0.1, -0.05) is 6.07 Å². The van der Waals surface area contributed by atoms with E-state index in [-0.39, 0.29) is 36.8 Å². The molecule has 3 rings (SSSR count). The molecule has 0 spiro atoms. The van der Waals surface area contributed by atoms with Crippen LogP contribution in [0.2, 0.25) is 0 Å². The van der Waals surface area contributed by atoms with Crippen LogP contribution in [0.4, 0.5) is 11.4 Å². The lowest BCUT2D eigenvalue weighted by atomic mass is 9.99. The summed E-state index contributed by atoms with van der Waals surface area (Å²) in [5, 5.41) is 2.87. The average Bonchev–Trinajstić information content (AvgIpc) is 3.03. The Morgan fingerprint density at radius 1 is 1.42 bits per heavy atom. The topological polar surface area (TPSA) is 68.5 Å². The average molecular weight is 418 g/mol. The zero-order valence-corrected chi connectivity index (χ0v) is 17.4. The highest BCUT2D eigenvalue weighted by atomic mass is 35.5. The predicted octanol–water partition coefficient (Wildman–Crippen LogP) is 4.19. The second-order valence-electron chi connectivity index (χ2n) is 5.95. The molecule has 0 bridgehead atoms. The monoisotopic (exact) mass is 417 g/mol. The Bertz CT molecular complexity index is 739. The number of aromatic nitrogens is 1. The molecule has 26 heavy (non-hydrogen) atoms. The largest absolute Gasteiger partial charge is 0.398 e. The number of amides is 1. The molecule has 1 aliphatic rings. The number of rotatable bonds is 5. The minimum atomic E-state index is -0.0284. The van der Waals surface area contributed by atoms with Gasteiger partial charge in [0, 0.05) is 29.9 Å².